The van der Waals surface area contributed by atoms with Crippen LogP contribution in [0.2, 0.25) is 0 Å². The number of benzene rings is 10. The van der Waals surface area contributed by atoms with Crippen LogP contribution in [0.1, 0.15) is 25.0 Å². The summed E-state index contributed by atoms with van der Waals surface area (Å²) in [5, 5.41) is 10.2. The Labute approximate surface area is 327 Å². The topological polar surface area (TPSA) is 3.24 Å². The molecule has 1 nitrogen and oxygen atoms in total. The Kier molecular flexibility index (Phi) is 7.28. The smallest absolute Gasteiger partial charge is 0.0546 e. The van der Waals surface area contributed by atoms with Gasteiger partial charge in [0.15, 0.2) is 0 Å². The van der Waals surface area contributed by atoms with Crippen molar-refractivity contribution in [2.75, 3.05) is 4.90 Å². The summed E-state index contributed by atoms with van der Waals surface area (Å²) in [5.41, 5.74) is 13.6. The maximum atomic E-state index is 2.45. The van der Waals surface area contributed by atoms with Crippen molar-refractivity contribution < 1.29 is 0 Å². The van der Waals surface area contributed by atoms with Crippen molar-refractivity contribution in [3.05, 3.63) is 211 Å². The van der Waals surface area contributed by atoms with E-state index in [1.807, 2.05) is 0 Å². The number of anilines is 3. The maximum absolute atomic E-state index is 2.45. The van der Waals surface area contributed by atoms with Crippen molar-refractivity contribution in [2.24, 2.45) is 0 Å². The van der Waals surface area contributed by atoms with Crippen molar-refractivity contribution in [3.63, 3.8) is 0 Å². The van der Waals surface area contributed by atoms with Gasteiger partial charge < -0.3 is 4.90 Å². The quantitative estimate of drug-likeness (QED) is 0.161. The lowest BCUT2D eigenvalue weighted by molar-refractivity contribution is 0.645. The van der Waals surface area contributed by atoms with Gasteiger partial charge in [0.1, 0.15) is 0 Å². The fraction of sp³-hybridized carbons (Fsp3) is 0.0545. The molecule has 1 heteroatoms. The lowest BCUT2D eigenvalue weighted by Crippen LogP contribution is -2.24. The van der Waals surface area contributed by atoms with Crippen molar-refractivity contribution in [1.29, 1.82) is 0 Å². The van der Waals surface area contributed by atoms with E-state index in [0.29, 0.717) is 0 Å². The van der Waals surface area contributed by atoms with Crippen LogP contribution in [0, 0.1) is 0 Å². The molecule has 0 aromatic heterocycles. The third kappa shape index (κ3) is 5.01. The first-order valence-corrected chi connectivity index (χ1v) is 19.6. The van der Waals surface area contributed by atoms with Crippen LogP contribution >= 0.6 is 0 Å². The number of rotatable bonds is 5. The predicted octanol–water partition coefficient (Wildman–Crippen LogP) is 15.4. The fourth-order valence-electron chi connectivity index (χ4n) is 9.42. The van der Waals surface area contributed by atoms with Crippen LogP contribution in [-0.4, -0.2) is 0 Å². The fourth-order valence-corrected chi connectivity index (χ4v) is 9.42. The third-order valence-electron chi connectivity index (χ3n) is 12.2. The molecule has 11 rings (SSSR count). The van der Waals surface area contributed by atoms with Gasteiger partial charge in [-0.25, -0.2) is 0 Å². The summed E-state index contributed by atoms with van der Waals surface area (Å²) in [6.07, 6.45) is 0. The van der Waals surface area contributed by atoms with E-state index >= 15 is 0 Å². The van der Waals surface area contributed by atoms with E-state index in [4.69, 9.17) is 0 Å². The van der Waals surface area contributed by atoms with E-state index in [0.717, 1.165) is 11.4 Å². The average Bonchev–Trinajstić information content (AvgIpc) is 3.26. The van der Waals surface area contributed by atoms with Crippen molar-refractivity contribution in [1.82, 2.24) is 0 Å². The molecule has 1 aliphatic rings. The molecule has 0 spiro atoms. The summed E-state index contributed by atoms with van der Waals surface area (Å²) in [5.74, 6) is 0. The monoisotopic (exact) mass is 713 g/mol. The zero-order chi connectivity index (χ0) is 37.4. The second-order valence-electron chi connectivity index (χ2n) is 15.7. The lowest BCUT2D eigenvalue weighted by Gasteiger charge is -2.36. The number of hydrogen-bond donors (Lipinski definition) is 0. The maximum Gasteiger partial charge on any atom is 0.0546 e. The number of fused-ring (bicyclic) bond motifs is 6. The highest BCUT2D eigenvalue weighted by Gasteiger charge is 2.35. The Hall–Kier alpha value is -6.96. The van der Waals surface area contributed by atoms with Gasteiger partial charge in [0.25, 0.3) is 0 Å². The van der Waals surface area contributed by atoms with Gasteiger partial charge in [0.2, 0.25) is 0 Å². The number of nitrogens with zero attached hydrogens (tertiary/aromatic N) is 1. The largest absolute Gasteiger partial charge is 0.310 e. The van der Waals surface area contributed by atoms with Gasteiger partial charge in [0.05, 0.1) is 5.69 Å². The van der Waals surface area contributed by atoms with E-state index in [9.17, 15) is 0 Å². The molecule has 0 bridgehead atoms. The first kappa shape index (κ1) is 32.5. The zero-order valence-corrected chi connectivity index (χ0v) is 31.5. The van der Waals surface area contributed by atoms with Crippen LogP contribution in [0.25, 0.3) is 76.5 Å². The molecule has 10 aromatic carbocycles. The molecule has 0 saturated heterocycles. The summed E-state index contributed by atoms with van der Waals surface area (Å²) in [4.78, 5) is 2.41. The average molecular weight is 714 g/mol. The second-order valence-corrected chi connectivity index (χ2v) is 15.7. The standard InChI is InChI=1S/C55H39N/c1-55(2)50-32-28-41(40-24-23-36-13-6-7-14-39(36)33-40)34-49(50)54-46(31-27-38-16-12-22-51(55)53(38)54)37-25-29-44(30-26-37)56(43-17-4-3-5-18-43)52-35-42-15-8-9-19-45(42)47-20-10-11-21-48(47)52/h3-35H,1-2H3. The van der Waals surface area contributed by atoms with Gasteiger partial charge in [-0.15, -0.1) is 0 Å². The minimum atomic E-state index is -0.148. The van der Waals surface area contributed by atoms with Gasteiger partial charge in [-0.05, 0) is 125 Å². The van der Waals surface area contributed by atoms with Crippen LogP contribution < -0.4 is 4.90 Å². The molecular weight excluding hydrogens is 675 g/mol. The Morgan fingerprint density at radius 1 is 0.357 bits per heavy atom. The molecular formula is C55H39N. The summed E-state index contributed by atoms with van der Waals surface area (Å²) in [7, 11) is 0. The van der Waals surface area contributed by atoms with Crippen molar-refractivity contribution in [2.45, 2.75) is 19.3 Å². The summed E-state index contributed by atoms with van der Waals surface area (Å²) < 4.78 is 0. The minimum absolute atomic E-state index is 0.148. The molecule has 0 atom stereocenters. The van der Waals surface area contributed by atoms with Gasteiger partial charge >= 0.3 is 0 Å². The van der Waals surface area contributed by atoms with Gasteiger partial charge in [-0.1, -0.05) is 172 Å². The summed E-state index contributed by atoms with van der Waals surface area (Å²) in [6, 6.07) is 74.0. The molecule has 0 heterocycles. The summed E-state index contributed by atoms with van der Waals surface area (Å²) in [6.45, 7) is 4.77. The Morgan fingerprint density at radius 3 is 1.79 bits per heavy atom. The van der Waals surface area contributed by atoms with E-state index in [1.54, 1.807) is 0 Å². The molecule has 0 amide bonds. The Balaban J connectivity index is 1.10. The van der Waals surface area contributed by atoms with Gasteiger partial charge in [0, 0.05) is 22.2 Å². The number of para-hydroxylation sites is 1. The molecule has 0 fully saturated rings. The van der Waals surface area contributed by atoms with Crippen molar-refractivity contribution >= 4 is 60.2 Å². The van der Waals surface area contributed by atoms with Crippen LogP contribution in [0.4, 0.5) is 17.1 Å². The molecule has 264 valence electrons. The molecule has 1 aliphatic carbocycles. The second kappa shape index (κ2) is 12.5. The van der Waals surface area contributed by atoms with Gasteiger partial charge in [-0.2, -0.15) is 0 Å². The zero-order valence-electron chi connectivity index (χ0n) is 31.5. The highest BCUT2D eigenvalue weighted by Crippen LogP contribution is 2.53. The SMILES string of the molecule is CC1(C)c2ccc(-c3ccc4ccccc4c3)cc2-c2c(-c3ccc(N(c4ccccc4)c4cc5ccccc5c5ccccc45)cc3)ccc3cccc1c23. The first-order valence-electron chi connectivity index (χ1n) is 19.6. The molecule has 0 aliphatic heterocycles. The highest BCUT2D eigenvalue weighted by atomic mass is 15.1. The van der Waals surface area contributed by atoms with Crippen LogP contribution in [0.3, 0.4) is 0 Å². The first-order chi connectivity index (χ1) is 27.5. The van der Waals surface area contributed by atoms with E-state index in [2.05, 4.69) is 219 Å². The van der Waals surface area contributed by atoms with Crippen LogP contribution in [0.15, 0.2) is 200 Å². The van der Waals surface area contributed by atoms with Crippen LogP contribution in [0.5, 0.6) is 0 Å². The van der Waals surface area contributed by atoms with Crippen LogP contribution in [-0.2, 0) is 5.41 Å². The molecule has 10 aromatic rings. The summed E-state index contributed by atoms with van der Waals surface area (Å²) >= 11 is 0. The minimum Gasteiger partial charge on any atom is -0.310 e. The molecule has 0 radical (unpaired) electrons. The normalized spacial score (nSPS) is 13.0. The predicted molar refractivity (Wildman–Crippen MR) is 240 cm³/mol. The Morgan fingerprint density at radius 2 is 0.964 bits per heavy atom. The highest BCUT2D eigenvalue weighted by molar-refractivity contribution is 6.15. The van der Waals surface area contributed by atoms with Gasteiger partial charge in [-0.3, -0.25) is 0 Å². The van der Waals surface area contributed by atoms with E-state index in [1.165, 1.54) is 93.3 Å². The Bertz CT molecular complexity index is 3150. The van der Waals surface area contributed by atoms with E-state index < -0.39 is 0 Å². The molecule has 0 N–H and O–H groups in total. The third-order valence-corrected chi connectivity index (χ3v) is 12.2. The molecule has 0 saturated carbocycles. The van der Waals surface area contributed by atoms with Crippen molar-refractivity contribution in [3.8, 4) is 33.4 Å². The van der Waals surface area contributed by atoms with E-state index in [-0.39, 0.29) is 5.41 Å². The lowest BCUT2D eigenvalue weighted by atomic mass is 9.67. The molecule has 0 unspecified atom stereocenters. The molecule has 56 heavy (non-hydrogen) atoms. The number of hydrogen-bond acceptors (Lipinski definition) is 1.